The van der Waals surface area contributed by atoms with E-state index in [1.165, 1.54) is 24.3 Å². The lowest BCUT2D eigenvalue weighted by molar-refractivity contribution is 1.06. The topological polar surface area (TPSA) is 23.8 Å². The molecular formula is C10H19NS. The standard InChI is InChI=1S/C10H19NS/c1-4-8-12(6-3,9-5-2)10-7-11/h6H,3-5,8-10H2,1-2H3. The summed E-state index contributed by atoms with van der Waals surface area (Å²) in [5.74, 6) is 3.06. The van der Waals surface area contributed by atoms with Gasteiger partial charge in [-0.15, -0.1) is 0 Å². The number of rotatable bonds is 6. The van der Waals surface area contributed by atoms with E-state index in [9.17, 15) is 0 Å². The largest absolute Gasteiger partial charge is 0.209 e. The fourth-order valence-electron chi connectivity index (χ4n) is 1.41. The predicted molar refractivity (Wildman–Crippen MR) is 58.6 cm³/mol. The van der Waals surface area contributed by atoms with Gasteiger partial charge in [0.25, 0.3) is 0 Å². The molecule has 0 aliphatic rings. The summed E-state index contributed by atoms with van der Waals surface area (Å²) in [6, 6.07) is 2.29. The van der Waals surface area contributed by atoms with E-state index in [1.807, 2.05) is 0 Å². The molecule has 1 nitrogen and oxygen atoms in total. The van der Waals surface area contributed by atoms with Crippen LogP contribution in [0, 0.1) is 11.3 Å². The lowest BCUT2D eigenvalue weighted by Gasteiger charge is -2.33. The summed E-state index contributed by atoms with van der Waals surface area (Å²) in [5, 5.41) is 10.8. The quantitative estimate of drug-likeness (QED) is 0.623. The first-order chi connectivity index (χ1) is 5.74. The monoisotopic (exact) mass is 185 g/mol. The Kier molecular flexibility index (Phi) is 5.92. The van der Waals surface area contributed by atoms with Gasteiger partial charge in [0.2, 0.25) is 0 Å². The first-order valence-corrected chi connectivity index (χ1v) is 6.70. The lowest BCUT2D eigenvalue weighted by Crippen LogP contribution is -2.09. The smallest absolute Gasteiger partial charge is 0.0718 e. The van der Waals surface area contributed by atoms with Crippen LogP contribution in [0.5, 0.6) is 0 Å². The Balaban J connectivity index is 4.29. The highest BCUT2D eigenvalue weighted by atomic mass is 32.3. The Morgan fingerprint density at radius 2 is 1.83 bits per heavy atom. The van der Waals surface area contributed by atoms with Gasteiger partial charge in [-0.3, -0.25) is 0 Å². The molecular weight excluding hydrogens is 166 g/mol. The van der Waals surface area contributed by atoms with Crippen LogP contribution < -0.4 is 0 Å². The summed E-state index contributed by atoms with van der Waals surface area (Å²) < 4.78 is 0. The Labute approximate surface area is 77.8 Å². The number of hydrogen-bond acceptors (Lipinski definition) is 1. The van der Waals surface area contributed by atoms with Crippen molar-refractivity contribution in [2.45, 2.75) is 26.7 Å². The minimum absolute atomic E-state index is 0.707. The first-order valence-electron chi connectivity index (χ1n) is 4.50. The zero-order valence-electron chi connectivity index (χ0n) is 8.18. The molecule has 0 amide bonds. The molecule has 0 aliphatic heterocycles. The summed E-state index contributed by atoms with van der Waals surface area (Å²) in [7, 11) is -0.782. The van der Waals surface area contributed by atoms with Crippen molar-refractivity contribution >= 4 is 10.0 Å². The highest BCUT2D eigenvalue weighted by molar-refractivity contribution is 8.36. The Hall–Kier alpha value is -0.420. The van der Waals surface area contributed by atoms with Crippen molar-refractivity contribution in [1.82, 2.24) is 0 Å². The molecule has 0 rings (SSSR count). The molecule has 0 N–H and O–H groups in total. The predicted octanol–water partition coefficient (Wildman–Crippen LogP) is 3.28. The van der Waals surface area contributed by atoms with Crippen LogP contribution >= 0.6 is 10.0 Å². The third-order valence-corrected chi connectivity index (χ3v) is 5.78. The van der Waals surface area contributed by atoms with Gasteiger partial charge < -0.3 is 0 Å². The Morgan fingerprint density at radius 1 is 1.33 bits per heavy atom. The van der Waals surface area contributed by atoms with Gasteiger partial charge in [0, 0.05) is 0 Å². The van der Waals surface area contributed by atoms with Crippen molar-refractivity contribution in [3.05, 3.63) is 12.0 Å². The van der Waals surface area contributed by atoms with Crippen LogP contribution in [-0.2, 0) is 0 Å². The molecule has 0 atom stereocenters. The maximum atomic E-state index is 8.71. The van der Waals surface area contributed by atoms with Crippen LogP contribution in [0.3, 0.4) is 0 Å². The number of hydrogen-bond donors (Lipinski definition) is 0. The molecule has 2 heteroatoms. The summed E-state index contributed by atoms with van der Waals surface area (Å²) in [6.07, 6.45) is 2.34. The average molecular weight is 185 g/mol. The fraction of sp³-hybridized carbons (Fsp3) is 0.700. The number of nitrogens with zero attached hydrogens (tertiary/aromatic N) is 1. The fourth-order valence-corrected chi connectivity index (χ4v) is 4.24. The third kappa shape index (κ3) is 3.32. The second kappa shape index (κ2) is 6.14. The van der Waals surface area contributed by atoms with Crippen LogP contribution in [0.25, 0.3) is 0 Å². The van der Waals surface area contributed by atoms with E-state index >= 15 is 0 Å². The minimum Gasteiger partial charge on any atom is -0.209 e. The molecule has 0 aliphatic carbocycles. The van der Waals surface area contributed by atoms with Crippen molar-refractivity contribution in [1.29, 1.82) is 5.26 Å². The third-order valence-electron chi connectivity index (χ3n) is 1.93. The molecule has 0 heterocycles. The van der Waals surface area contributed by atoms with E-state index in [0.29, 0.717) is 5.75 Å². The van der Waals surface area contributed by atoms with Crippen LogP contribution in [0.2, 0.25) is 0 Å². The van der Waals surface area contributed by atoms with Gasteiger partial charge in [0.05, 0.1) is 11.8 Å². The van der Waals surface area contributed by atoms with E-state index in [4.69, 9.17) is 5.26 Å². The molecule has 0 aromatic carbocycles. The molecule has 0 radical (unpaired) electrons. The molecule has 0 aromatic rings. The normalized spacial score (nSPS) is 12.1. The van der Waals surface area contributed by atoms with Gasteiger partial charge >= 0.3 is 0 Å². The summed E-state index contributed by atoms with van der Waals surface area (Å²) >= 11 is 0. The van der Waals surface area contributed by atoms with E-state index < -0.39 is 10.0 Å². The van der Waals surface area contributed by atoms with Crippen molar-refractivity contribution < 1.29 is 0 Å². The maximum absolute atomic E-state index is 8.71. The Bertz CT molecular complexity index is 163. The summed E-state index contributed by atoms with van der Waals surface area (Å²) in [4.78, 5) is 0. The van der Waals surface area contributed by atoms with Crippen molar-refractivity contribution in [2.75, 3.05) is 17.3 Å². The molecule has 0 spiro atoms. The molecule has 0 bridgehead atoms. The van der Waals surface area contributed by atoms with Crippen LogP contribution in [0.15, 0.2) is 12.0 Å². The van der Waals surface area contributed by atoms with Crippen LogP contribution in [0.4, 0.5) is 0 Å². The van der Waals surface area contributed by atoms with Gasteiger partial charge in [-0.25, -0.2) is 10.0 Å². The SMILES string of the molecule is C=CS(CC#N)(CCC)CCC. The second-order valence-electron chi connectivity index (χ2n) is 2.99. The van der Waals surface area contributed by atoms with E-state index in [1.54, 1.807) is 0 Å². The van der Waals surface area contributed by atoms with Crippen molar-refractivity contribution in [2.24, 2.45) is 0 Å². The zero-order chi connectivity index (χ0) is 9.45. The summed E-state index contributed by atoms with van der Waals surface area (Å²) in [6.45, 7) is 8.23. The van der Waals surface area contributed by atoms with Gasteiger partial charge in [-0.05, 0) is 24.3 Å². The highest BCUT2D eigenvalue weighted by Crippen LogP contribution is 2.49. The number of nitriles is 1. The van der Waals surface area contributed by atoms with Crippen molar-refractivity contribution in [3.63, 3.8) is 0 Å². The zero-order valence-corrected chi connectivity index (χ0v) is 8.99. The molecule has 12 heavy (non-hydrogen) atoms. The summed E-state index contributed by atoms with van der Waals surface area (Å²) in [5.41, 5.74) is 0. The molecule has 0 unspecified atom stereocenters. The van der Waals surface area contributed by atoms with E-state index in [0.717, 1.165) is 0 Å². The molecule has 70 valence electrons. The highest BCUT2D eigenvalue weighted by Gasteiger charge is 2.17. The van der Waals surface area contributed by atoms with E-state index in [2.05, 4.69) is 31.9 Å². The van der Waals surface area contributed by atoms with Gasteiger partial charge in [-0.2, -0.15) is 5.26 Å². The van der Waals surface area contributed by atoms with Gasteiger partial charge in [0.15, 0.2) is 0 Å². The Morgan fingerprint density at radius 3 is 2.08 bits per heavy atom. The molecule has 0 aromatic heterocycles. The minimum atomic E-state index is -0.782. The van der Waals surface area contributed by atoms with Crippen molar-refractivity contribution in [3.8, 4) is 6.07 Å². The maximum Gasteiger partial charge on any atom is 0.0718 e. The second-order valence-corrected chi connectivity index (χ2v) is 6.65. The van der Waals surface area contributed by atoms with Gasteiger partial charge in [-0.1, -0.05) is 25.8 Å². The molecule has 0 fully saturated rings. The molecule has 0 saturated carbocycles. The lowest BCUT2D eigenvalue weighted by atomic mass is 10.6. The van der Waals surface area contributed by atoms with Crippen LogP contribution in [0.1, 0.15) is 26.7 Å². The van der Waals surface area contributed by atoms with E-state index in [-0.39, 0.29) is 0 Å². The first kappa shape index (κ1) is 11.6. The molecule has 0 saturated heterocycles. The average Bonchev–Trinajstić information content (AvgIpc) is 2.06. The van der Waals surface area contributed by atoms with Gasteiger partial charge in [0.1, 0.15) is 0 Å². The van der Waals surface area contributed by atoms with Crippen LogP contribution in [-0.4, -0.2) is 17.3 Å².